The molecule has 0 heterocycles. The van der Waals surface area contributed by atoms with E-state index in [4.69, 9.17) is 35.7 Å². The molecule has 0 aliphatic heterocycles. The van der Waals surface area contributed by atoms with Gasteiger partial charge < -0.3 is 4.74 Å². The molecule has 0 fully saturated rings. The summed E-state index contributed by atoms with van der Waals surface area (Å²) >= 11 is 5.35. The summed E-state index contributed by atoms with van der Waals surface area (Å²) in [6.07, 6.45) is 1.66. The van der Waals surface area contributed by atoms with Crippen molar-refractivity contribution in [1.29, 1.82) is 0 Å². The maximum atomic E-state index is 9.65. The van der Waals surface area contributed by atoms with Gasteiger partial charge in [-0.3, -0.25) is 0 Å². The molecule has 2 unspecified atom stereocenters. The Balaban J connectivity index is 1.96. The van der Waals surface area contributed by atoms with Crippen LogP contribution in [0, 0.1) is 0 Å². The molecule has 27 heavy (non-hydrogen) atoms. The number of hydrazone groups is 1. The molecule has 2 rings (SSSR count). The molecule has 0 spiro atoms. The molecule has 11 heteroatoms. The van der Waals surface area contributed by atoms with Gasteiger partial charge in [-0.15, -0.1) is 0 Å². The molecule has 0 aromatic heterocycles. The number of hydrogen-bond acceptors (Lipinski definition) is 8. The maximum absolute atomic E-state index is 9.65. The summed E-state index contributed by atoms with van der Waals surface area (Å²) < 4.78 is 12.3. The molecule has 0 bridgehead atoms. The number of ether oxygens (including phenoxy) is 1. The SMILES string of the molecule is COc1ccc(/C=N/N(C)[PH](=S)Oc2ccc(C(O)[PH](O)(O)O)cc2)cc1. The van der Waals surface area contributed by atoms with Gasteiger partial charge in [0.2, 0.25) is 0 Å². The molecule has 0 amide bonds. The molecule has 0 radical (unpaired) electrons. The predicted octanol–water partition coefficient (Wildman–Crippen LogP) is 2.01. The van der Waals surface area contributed by atoms with Crippen LogP contribution < -0.4 is 9.26 Å². The van der Waals surface area contributed by atoms with E-state index in [-0.39, 0.29) is 5.56 Å². The van der Waals surface area contributed by atoms with Crippen LogP contribution in [0.3, 0.4) is 0 Å². The third-order valence-corrected chi connectivity index (χ3v) is 6.69. The third kappa shape index (κ3) is 6.52. The minimum Gasteiger partial charge on any atom is -0.0193 e. The quantitative estimate of drug-likeness (QED) is 0.285. The van der Waals surface area contributed by atoms with Crippen LogP contribution in [0.5, 0.6) is 11.5 Å². The summed E-state index contributed by atoms with van der Waals surface area (Å²) in [5.74, 6) is -0.520. The van der Waals surface area contributed by atoms with Gasteiger partial charge in [0.15, 0.2) is 0 Å². The fraction of sp³-hybridized carbons (Fsp3) is 0.188. The Hall–Kier alpha value is -1.57. The van der Waals surface area contributed by atoms with E-state index in [1.54, 1.807) is 25.2 Å². The Morgan fingerprint density at radius 1 is 1.07 bits per heavy atom. The number of aliphatic hydroxyl groups is 1. The van der Waals surface area contributed by atoms with E-state index in [1.165, 1.54) is 24.3 Å². The van der Waals surface area contributed by atoms with Gasteiger partial charge in [0.1, 0.15) is 5.75 Å². The van der Waals surface area contributed by atoms with Crippen LogP contribution in [-0.2, 0) is 11.8 Å². The average Bonchev–Trinajstić information content (AvgIpc) is 2.65. The molecule has 2 aromatic carbocycles. The van der Waals surface area contributed by atoms with Crippen molar-refractivity contribution in [1.82, 2.24) is 4.78 Å². The van der Waals surface area contributed by atoms with Gasteiger partial charge in [-0.2, -0.15) is 0 Å². The molecule has 2 atom stereocenters. The van der Waals surface area contributed by atoms with E-state index in [9.17, 15) is 5.11 Å². The zero-order valence-corrected chi connectivity index (χ0v) is 17.5. The Labute approximate surface area is 163 Å². The number of methoxy groups -OCH3 is 1. The Morgan fingerprint density at radius 2 is 1.63 bits per heavy atom. The summed E-state index contributed by atoms with van der Waals surface area (Å²) in [6.45, 7) is 0. The van der Waals surface area contributed by atoms with E-state index < -0.39 is 20.9 Å². The van der Waals surface area contributed by atoms with Crippen molar-refractivity contribution >= 4 is 33.0 Å². The predicted molar refractivity (Wildman–Crippen MR) is 111 cm³/mol. The van der Waals surface area contributed by atoms with Crippen molar-refractivity contribution in [3.05, 3.63) is 59.7 Å². The number of nitrogens with zero attached hydrogens (tertiary/aromatic N) is 2. The molecule has 0 saturated carbocycles. The van der Waals surface area contributed by atoms with Crippen LogP contribution in [0.25, 0.3) is 0 Å². The van der Waals surface area contributed by atoms with Gasteiger partial charge in [0.25, 0.3) is 0 Å². The Morgan fingerprint density at radius 3 is 2.15 bits per heavy atom. The Kier molecular flexibility index (Phi) is 7.70. The van der Waals surface area contributed by atoms with E-state index in [2.05, 4.69) is 5.10 Å². The van der Waals surface area contributed by atoms with Crippen LogP contribution in [-0.4, -0.2) is 44.9 Å². The third-order valence-electron chi connectivity index (χ3n) is 3.53. The standard InChI is InChI=1S/C16H22N2O6P2S/c1-18(17-11-12-3-7-14(23-2)8-4-12)25(27)24-15-9-5-13(6-10-15)16(19)26(20,21)22/h3-11,16,19-22,25-26H,1-2H3/b17-11+. The molecule has 148 valence electrons. The first kappa shape index (κ1) is 21.7. The first-order valence-corrected chi connectivity index (χ1v) is 12.2. The van der Waals surface area contributed by atoms with Crippen molar-refractivity contribution in [2.75, 3.05) is 14.2 Å². The van der Waals surface area contributed by atoms with Crippen molar-refractivity contribution in [3.63, 3.8) is 0 Å². The van der Waals surface area contributed by atoms with Crippen molar-refractivity contribution in [2.45, 2.75) is 5.85 Å². The van der Waals surface area contributed by atoms with Gasteiger partial charge in [-0.1, -0.05) is 0 Å². The minimum absolute atomic E-state index is 0.172. The van der Waals surface area contributed by atoms with Gasteiger partial charge in [-0.05, 0) is 12.1 Å². The summed E-state index contributed by atoms with van der Waals surface area (Å²) in [6, 6.07) is 13.3. The van der Waals surface area contributed by atoms with Crippen LogP contribution in [0.1, 0.15) is 17.0 Å². The molecule has 0 aliphatic rings. The molecular formula is C16H22N2O6P2S. The van der Waals surface area contributed by atoms with Gasteiger partial charge >= 0.3 is 133 Å². The fourth-order valence-corrected chi connectivity index (χ4v) is 3.69. The molecular weight excluding hydrogens is 410 g/mol. The summed E-state index contributed by atoms with van der Waals surface area (Å²) in [7, 11) is -3.21. The monoisotopic (exact) mass is 432 g/mol. The minimum atomic E-state index is -4.65. The normalized spacial score (nSPS) is 14.6. The van der Waals surface area contributed by atoms with Gasteiger partial charge in [0, 0.05) is 0 Å². The van der Waals surface area contributed by atoms with Gasteiger partial charge in [0.05, 0.1) is 7.11 Å². The number of benzene rings is 2. The van der Waals surface area contributed by atoms with E-state index in [0.29, 0.717) is 5.75 Å². The van der Waals surface area contributed by atoms with E-state index >= 15 is 0 Å². The summed E-state index contributed by atoms with van der Waals surface area (Å²) in [5.41, 5.74) is 1.06. The van der Waals surface area contributed by atoms with Gasteiger partial charge in [-0.25, -0.2) is 0 Å². The molecule has 2 aromatic rings. The molecule has 4 N–H and O–H groups in total. The zero-order chi connectivity index (χ0) is 20.0. The number of rotatable bonds is 8. The molecule has 0 aliphatic carbocycles. The molecule has 8 nitrogen and oxygen atoms in total. The van der Waals surface area contributed by atoms with Crippen molar-refractivity contribution in [2.24, 2.45) is 5.10 Å². The first-order chi connectivity index (χ1) is 12.7. The average molecular weight is 432 g/mol. The fourth-order valence-electron chi connectivity index (χ4n) is 2.00. The van der Waals surface area contributed by atoms with Crippen molar-refractivity contribution < 1.29 is 29.0 Å². The smallest absolute Gasteiger partial charge is 0.0193 e. The van der Waals surface area contributed by atoms with Crippen LogP contribution in [0.15, 0.2) is 53.6 Å². The van der Waals surface area contributed by atoms with Crippen LogP contribution >= 0.6 is 15.0 Å². The van der Waals surface area contributed by atoms with E-state index in [0.717, 1.165) is 11.3 Å². The second-order valence-electron chi connectivity index (χ2n) is 5.57. The van der Waals surface area contributed by atoms with Crippen LogP contribution in [0.2, 0.25) is 0 Å². The van der Waals surface area contributed by atoms with Crippen LogP contribution in [0.4, 0.5) is 0 Å². The van der Waals surface area contributed by atoms with E-state index in [1.807, 2.05) is 24.3 Å². The first-order valence-electron chi connectivity index (χ1n) is 7.79. The van der Waals surface area contributed by atoms with Crippen molar-refractivity contribution in [3.8, 4) is 11.5 Å². The number of hydrogen-bond donors (Lipinski definition) is 4. The summed E-state index contributed by atoms with van der Waals surface area (Å²) in [5, 5.41) is 13.9. The number of aliphatic hydroxyl groups excluding tert-OH is 1. The molecule has 0 saturated heterocycles. The Bertz CT molecular complexity index is 796. The summed E-state index contributed by atoms with van der Waals surface area (Å²) in [4.78, 5) is 27.4. The second-order valence-corrected chi connectivity index (χ2v) is 9.92. The second kappa shape index (κ2) is 9.57. The zero-order valence-electron chi connectivity index (χ0n) is 14.7. The topological polar surface area (TPSA) is 115 Å².